The summed E-state index contributed by atoms with van der Waals surface area (Å²) < 4.78 is 4.53. The molecule has 3 heteroatoms. The number of carbonyl (C=O) groups is 1. The third-order valence-electron chi connectivity index (χ3n) is 1.79. The molecule has 0 aliphatic heterocycles. The Hall–Kier alpha value is -0.570. The maximum absolute atomic E-state index is 9.71. The topological polar surface area (TPSA) is 52.3 Å². The molecule has 0 heterocycles. The van der Waals surface area contributed by atoms with Crippen LogP contribution in [0.5, 0.6) is 0 Å². The molecule has 1 aliphatic carbocycles. The molecule has 0 aromatic rings. The van der Waals surface area contributed by atoms with E-state index in [1.807, 2.05) is 0 Å². The second-order valence-electron chi connectivity index (χ2n) is 2.62. The van der Waals surface area contributed by atoms with E-state index in [0.29, 0.717) is 13.1 Å². The molecule has 0 radical (unpaired) electrons. The van der Waals surface area contributed by atoms with Crippen molar-refractivity contribution >= 4 is 6.47 Å². The quantitative estimate of drug-likeness (QED) is 0.547. The van der Waals surface area contributed by atoms with Gasteiger partial charge < -0.3 is 10.5 Å². The van der Waals surface area contributed by atoms with E-state index in [-0.39, 0.29) is 5.54 Å². The number of ether oxygens (including phenoxy) is 1. The Bertz CT molecular complexity index is 110. The average molecular weight is 129 g/mol. The number of hydrogen-bond donors (Lipinski definition) is 1. The number of nitrogens with two attached hydrogens (primary N) is 1. The van der Waals surface area contributed by atoms with Crippen LogP contribution >= 0.6 is 0 Å². The van der Waals surface area contributed by atoms with Crippen LogP contribution in [0.25, 0.3) is 0 Å². The van der Waals surface area contributed by atoms with Crippen molar-refractivity contribution < 1.29 is 9.53 Å². The van der Waals surface area contributed by atoms with Gasteiger partial charge in [0.25, 0.3) is 6.47 Å². The highest BCUT2D eigenvalue weighted by Gasteiger charge is 2.32. The maximum Gasteiger partial charge on any atom is 0.293 e. The molecule has 1 saturated carbocycles. The first kappa shape index (κ1) is 6.55. The van der Waals surface area contributed by atoms with Gasteiger partial charge in [-0.15, -0.1) is 0 Å². The van der Waals surface area contributed by atoms with Gasteiger partial charge in [-0.1, -0.05) is 0 Å². The van der Waals surface area contributed by atoms with Crippen molar-refractivity contribution in [2.45, 2.75) is 24.8 Å². The fourth-order valence-corrected chi connectivity index (χ4v) is 0.975. The molecule has 1 rings (SSSR count). The second kappa shape index (κ2) is 2.35. The van der Waals surface area contributed by atoms with Crippen molar-refractivity contribution in [2.75, 3.05) is 6.61 Å². The highest BCUT2D eigenvalue weighted by molar-refractivity contribution is 5.37. The van der Waals surface area contributed by atoms with Crippen LogP contribution in [-0.4, -0.2) is 18.6 Å². The zero-order chi connectivity index (χ0) is 6.74. The number of hydrogen-bond acceptors (Lipinski definition) is 3. The Labute approximate surface area is 54.2 Å². The van der Waals surface area contributed by atoms with Gasteiger partial charge in [-0.05, 0) is 19.3 Å². The first-order valence-electron chi connectivity index (χ1n) is 3.11. The van der Waals surface area contributed by atoms with Crippen LogP contribution in [0, 0.1) is 0 Å². The van der Waals surface area contributed by atoms with Gasteiger partial charge in [0, 0.05) is 0 Å². The summed E-state index contributed by atoms with van der Waals surface area (Å²) in [6, 6.07) is 0. The molecule has 1 fully saturated rings. The minimum atomic E-state index is -0.180. The Balaban J connectivity index is 2.16. The van der Waals surface area contributed by atoms with E-state index in [4.69, 9.17) is 5.73 Å². The average Bonchev–Trinajstić information content (AvgIpc) is 1.79. The third-order valence-corrected chi connectivity index (χ3v) is 1.79. The minimum Gasteiger partial charge on any atom is -0.466 e. The van der Waals surface area contributed by atoms with Crippen molar-refractivity contribution in [3.63, 3.8) is 0 Å². The van der Waals surface area contributed by atoms with E-state index in [0.717, 1.165) is 12.8 Å². The summed E-state index contributed by atoms with van der Waals surface area (Å²) in [5.41, 5.74) is 5.53. The van der Waals surface area contributed by atoms with Crippen LogP contribution in [0.3, 0.4) is 0 Å². The maximum atomic E-state index is 9.71. The van der Waals surface area contributed by atoms with Gasteiger partial charge in [0.05, 0.1) is 5.54 Å². The van der Waals surface area contributed by atoms with Crippen LogP contribution in [-0.2, 0) is 9.53 Å². The molecule has 2 N–H and O–H groups in total. The van der Waals surface area contributed by atoms with Crippen LogP contribution in [0.2, 0.25) is 0 Å². The van der Waals surface area contributed by atoms with Crippen molar-refractivity contribution in [3.05, 3.63) is 0 Å². The van der Waals surface area contributed by atoms with Gasteiger partial charge in [-0.25, -0.2) is 0 Å². The molecule has 0 aromatic carbocycles. The van der Waals surface area contributed by atoms with E-state index in [1.54, 1.807) is 0 Å². The summed E-state index contributed by atoms with van der Waals surface area (Å²) in [7, 11) is 0. The van der Waals surface area contributed by atoms with Crippen molar-refractivity contribution in [2.24, 2.45) is 5.73 Å². The Morgan fingerprint density at radius 3 is 2.67 bits per heavy atom. The molecular weight excluding hydrogens is 118 g/mol. The molecule has 0 aromatic heterocycles. The predicted molar refractivity (Wildman–Crippen MR) is 32.8 cm³/mol. The largest absolute Gasteiger partial charge is 0.466 e. The lowest BCUT2D eigenvalue weighted by atomic mass is 9.78. The van der Waals surface area contributed by atoms with Crippen molar-refractivity contribution in [1.82, 2.24) is 0 Å². The standard InChI is InChI=1S/C6H11NO2/c7-6(2-1-3-6)4-9-5-8/h5H,1-4,7H2. The van der Waals surface area contributed by atoms with E-state index in [1.165, 1.54) is 6.42 Å². The van der Waals surface area contributed by atoms with Crippen molar-refractivity contribution in [1.29, 1.82) is 0 Å². The molecule has 0 spiro atoms. The summed E-state index contributed by atoms with van der Waals surface area (Å²) >= 11 is 0. The molecule has 0 bridgehead atoms. The summed E-state index contributed by atoms with van der Waals surface area (Å²) in [6.07, 6.45) is 3.14. The van der Waals surface area contributed by atoms with E-state index >= 15 is 0 Å². The number of rotatable bonds is 3. The highest BCUT2D eigenvalue weighted by Crippen LogP contribution is 2.28. The SMILES string of the molecule is NC1(COC=O)CCC1. The molecule has 3 nitrogen and oxygen atoms in total. The molecule has 0 amide bonds. The lowest BCUT2D eigenvalue weighted by molar-refractivity contribution is -0.131. The van der Waals surface area contributed by atoms with Gasteiger partial charge in [-0.2, -0.15) is 0 Å². The van der Waals surface area contributed by atoms with E-state index in [9.17, 15) is 4.79 Å². The van der Waals surface area contributed by atoms with E-state index in [2.05, 4.69) is 4.74 Å². The van der Waals surface area contributed by atoms with Gasteiger partial charge in [0.1, 0.15) is 6.61 Å². The summed E-state index contributed by atoms with van der Waals surface area (Å²) in [5.74, 6) is 0. The molecular formula is C6H11NO2. The summed E-state index contributed by atoms with van der Waals surface area (Å²) in [5, 5.41) is 0. The first-order valence-corrected chi connectivity index (χ1v) is 3.11. The van der Waals surface area contributed by atoms with E-state index < -0.39 is 0 Å². The molecule has 9 heavy (non-hydrogen) atoms. The second-order valence-corrected chi connectivity index (χ2v) is 2.62. The molecule has 52 valence electrons. The normalized spacial score (nSPS) is 22.3. The first-order chi connectivity index (χ1) is 4.27. The number of carbonyl (C=O) groups excluding carboxylic acids is 1. The zero-order valence-electron chi connectivity index (χ0n) is 5.30. The summed E-state index contributed by atoms with van der Waals surface area (Å²) in [4.78, 5) is 9.71. The Morgan fingerprint density at radius 2 is 2.33 bits per heavy atom. The van der Waals surface area contributed by atoms with Crippen molar-refractivity contribution in [3.8, 4) is 0 Å². The lowest BCUT2D eigenvalue weighted by Gasteiger charge is -2.36. The van der Waals surface area contributed by atoms with Crippen LogP contribution in [0.15, 0.2) is 0 Å². The van der Waals surface area contributed by atoms with Gasteiger partial charge in [0.2, 0.25) is 0 Å². The smallest absolute Gasteiger partial charge is 0.293 e. The summed E-state index contributed by atoms with van der Waals surface area (Å²) in [6.45, 7) is 0.837. The fraction of sp³-hybridized carbons (Fsp3) is 0.833. The Kier molecular flexibility index (Phi) is 1.71. The lowest BCUT2D eigenvalue weighted by Crippen LogP contribution is -2.50. The van der Waals surface area contributed by atoms with Crippen LogP contribution < -0.4 is 5.73 Å². The molecule has 0 unspecified atom stereocenters. The monoisotopic (exact) mass is 129 g/mol. The predicted octanol–water partition coefficient (Wildman–Crippen LogP) is 0.0408. The zero-order valence-corrected chi connectivity index (χ0v) is 5.30. The highest BCUT2D eigenvalue weighted by atomic mass is 16.5. The fourth-order valence-electron chi connectivity index (χ4n) is 0.975. The van der Waals surface area contributed by atoms with Crippen LogP contribution in [0.4, 0.5) is 0 Å². The van der Waals surface area contributed by atoms with Gasteiger partial charge in [0.15, 0.2) is 0 Å². The van der Waals surface area contributed by atoms with Crippen LogP contribution in [0.1, 0.15) is 19.3 Å². The third kappa shape index (κ3) is 1.42. The van der Waals surface area contributed by atoms with Gasteiger partial charge in [-0.3, -0.25) is 4.79 Å². The molecule has 0 atom stereocenters. The Morgan fingerprint density at radius 1 is 1.67 bits per heavy atom. The molecule has 0 saturated heterocycles. The molecule has 1 aliphatic rings. The van der Waals surface area contributed by atoms with Gasteiger partial charge >= 0.3 is 0 Å². The minimum absolute atomic E-state index is 0.180.